The van der Waals surface area contributed by atoms with Gasteiger partial charge in [0.15, 0.2) is 11.5 Å². The van der Waals surface area contributed by atoms with Crippen LogP contribution >= 0.6 is 34.8 Å². The fourth-order valence-corrected chi connectivity index (χ4v) is 4.27. The van der Waals surface area contributed by atoms with Gasteiger partial charge in [0, 0.05) is 27.7 Å². The number of benzene rings is 3. The Morgan fingerprint density at radius 2 is 1.71 bits per heavy atom. The highest BCUT2D eigenvalue weighted by Gasteiger charge is 2.37. The highest BCUT2D eigenvalue weighted by molar-refractivity contribution is 6.39. The van der Waals surface area contributed by atoms with E-state index in [2.05, 4.69) is 5.32 Å². The lowest BCUT2D eigenvalue weighted by Crippen LogP contribution is -2.54. The van der Waals surface area contributed by atoms with Crippen LogP contribution in [0.25, 0.3) is 6.08 Å². The highest BCUT2D eigenvalue weighted by Crippen LogP contribution is 2.38. The average Bonchev–Trinajstić information content (AvgIpc) is 2.86. The highest BCUT2D eigenvalue weighted by atomic mass is 35.5. The number of halogens is 3. The maximum atomic E-state index is 13.1. The zero-order valence-corrected chi connectivity index (χ0v) is 21.6. The molecular formula is C25H16Cl3N3O7. The number of hydrogen-bond acceptors (Lipinski definition) is 7. The normalized spacial score (nSPS) is 14.5. The summed E-state index contributed by atoms with van der Waals surface area (Å²) < 4.78 is 11.2. The van der Waals surface area contributed by atoms with Gasteiger partial charge in [-0.25, -0.2) is 9.69 Å². The summed E-state index contributed by atoms with van der Waals surface area (Å²) in [4.78, 5) is 49.0. The molecule has 4 rings (SSSR count). The molecule has 1 saturated heterocycles. The van der Waals surface area contributed by atoms with Crippen LogP contribution in [0.2, 0.25) is 15.1 Å². The third kappa shape index (κ3) is 5.57. The molecular weight excluding hydrogens is 561 g/mol. The van der Waals surface area contributed by atoms with Crippen molar-refractivity contribution in [1.29, 1.82) is 0 Å². The minimum atomic E-state index is -0.994. The molecule has 3 aromatic rings. The fraction of sp³-hybridized carbons (Fsp3) is 0.0800. The van der Waals surface area contributed by atoms with Crippen LogP contribution in [0.4, 0.5) is 16.2 Å². The molecule has 0 bridgehead atoms. The van der Waals surface area contributed by atoms with E-state index in [9.17, 15) is 24.5 Å². The van der Waals surface area contributed by atoms with Crippen LogP contribution in [0.1, 0.15) is 11.1 Å². The molecule has 0 saturated carbocycles. The Hall–Kier alpha value is -4.12. The zero-order chi connectivity index (χ0) is 27.6. The number of urea groups is 1. The Morgan fingerprint density at radius 3 is 2.34 bits per heavy atom. The summed E-state index contributed by atoms with van der Waals surface area (Å²) in [6.45, 7) is 0.0553. The van der Waals surface area contributed by atoms with E-state index in [-0.39, 0.29) is 40.1 Å². The predicted octanol–water partition coefficient (Wildman–Crippen LogP) is 5.81. The van der Waals surface area contributed by atoms with E-state index in [0.29, 0.717) is 26.1 Å². The van der Waals surface area contributed by atoms with Crippen molar-refractivity contribution < 1.29 is 28.8 Å². The van der Waals surface area contributed by atoms with Gasteiger partial charge in [-0.15, -0.1) is 0 Å². The summed E-state index contributed by atoms with van der Waals surface area (Å²) in [5, 5.41) is 14.0. The Labute approximate surface area is 230 Å². The van der Waals surface area contributed by atoms with Crippen molar-refractivity contribution in [1.82, 2.24) is 5.32 Å². The van der Waals surface area contributed by atoms with E-state index in [0.717, 1.165) is 12.1 Å². The molecule has 0 aliphatic carbocycles. The molecule has 3 aromatic carbocycles. The van der Waals surface area contributed by atoms with Crippen molar-refractivity contribution in [2.45, 2.75) is 6.61 Å². The minimum Gasteiger partial charge on any atom is -0.493 e. The summed E-state index contributed by atoms with van der Waals surface area (Å²) in [6, 6.07) is 11.6. The van der Waals surface area contributed by atoms with Crippen molar-refractivity contribution in [3.05, 3.63) is 96.5 Å². The van der Waals surface area contributed by atoms with Crippen LogP contribution in [0.3, 0.4) is 0 Å². The zero-order valence-electron chi connectivity index (χ0n) is 19.4. The van der Waals surface area contributed by atoms with Crippen molar-refractivity contribution in [2.75, 3.05) is 12.0 Å². The lowest BCUT2D eigenvalue weighted by Gasteiger charge is -2.26. The van der Waals surface area contributed by atoms with Crippen LogP contribution in [0, 0.1) is 10.1 Å². The van der Waals surface area contributed by atoms with Crippen LogP contribution < -0.4 is 19.7 Å². The second-order valence-corrected chi connectivity index (χ2v) is 9.04. The number of methoxy groups -OCH3 is 1. The number of nitrogens with one attached hydrogen (secondary N) is 1. The predicted molar refractivity (Wildman–Crippen MR) is 141 cm³/mol. The van der Waals surface area contributed by atoms with E-state index >= 15 is 0 Å². The van der Waals surface area contributed by atoms with Crippen molar-refractivity contribution in [3.63, 3.8) is 0 Å². The van der Waals surface area contributed by atoms with E-state index in [1.54, 1.807) is 18.2 Å². The van der Waals surface area contributed by atoms with E-state index < -0.39 is 22.8 Å². The molecule has 1 fully saturated rings. The van der Waals surface area contributed by atoms with Gasteiger partial charge in [0.2, 0.25) is 0 Å². The number of carbonyl (C=O) groups excluding carboxylic acids is 3. The first-order chi connectivity index (χ1) is 18.1. The third-order valence-corrected chi connectivity index (χ3v) is 6.24. The molecule has 194 valence electrons. The fourth-order valence-electron chi connectivity index (χ4n) is 3.53. The van der Waals surface area contributed by atoms with Crippen molar-refractivity contribution in [3.8, 4) is 11.5 Å². The molecule has 0 radical (unpaired) electrons. The average molecular weight is 577 g/mol. The number of anilines is 1. The van der Waals surface area contributed by atoms with Gasteiger partial charge in [-0.05, 0) is 48.0 Å². The summed E-state index contributed by atoms with van der Waals surface area (Å²) in [5.41, 5.74) is 0.397. The summed E-state index contributed by atoms with van der Waals surface area (Å²) >= 11 is 18.5. The molecule has 1 aliphatic rings. The number of ether oxygens (including phenoxy) is 2. The number of barbiturate groups is 1. The molecule has 13 heteroatoms. The largest absolute Gasteiger partial charge is 0.493 e. The maximum Gasteiger partial charge on any atom is 0.335 e. The second-order valence-electron chi connectivity index (χ2n) is 7.79. The monoisotopic (exact) mass is 575 g/mol. The first kappa shape index (κ1) is 26.9. The standard InChI is InChI=1S/C25H16Cl3N3O7/c1-37-21-10-13(9-20(28)22(21)38-12-14-2-3-15(26)11-19(14)27)8-18-23(32)29-25(34)30(24(18)33)16-4-6-17(7-5-16)31(35)36/h2-11H,12H2,1H3,(H,29,32,34)/b18-8+. The van der Waals surface area contributed by atoms with Gasteiger partial charge in [-0.1, -0.05) is 40.9 Å². The van der Waals surface area contributed by atoms with Crippen LogP contribution in [0.15, 0.2) is 60.2 Å². The van der Waals surface area contributed by atoms with Crippen LogP contribution in [-0.4, -0.2) is 29.9 Å². The Bertz CT molecular complexity index is 1510. The molecule has 0 atom stereocenters. The quantitative estimate of drug-likeness (QED) is 0.163. The van der Waals surface area contributed by atoms with Crippen LogP contribution in [-0.2, 0) is 16.2 Å². The number of nitro groups is 1. The topological polar surface area (TPSA) is 128 Å². The lowest BCUT2D eigenvalue weighted by atomic mass is 10.1. The molecule has 38 heavy (non-hydrogen) atoms. The van der Waals surface area contributed by atoms with Crippen LogP contribution in [0.5, 0.6) is 11.5 Å². The first-order valence-electron chi connectivity index (χ1n) is 10.7. The SMILES string of the molecule is COc1cc(/C=C2\C(=O)NC(=O)N(c3ccc([N+](=O)[O-])cc3)C2=O)cc(Cl)c1OCc1ccc(Cl)cc1Cl. The van der Waals surface area contributed by atoms with Crippen molar-refractivity contribution >= 4 is 70.1 Å². The molecule has 1 N–H and O–H groups in total. The minimum absolute atomic E-state index is 0.0386. The van der Waals surface area contributed by atoms with Gasteiger partial charge in [-0.3, -0.25) is 25.0 Å². The molecule has 4 amide bonds. The number of amides is 4. The number of non-ortho nitro benzene ring substituents is 1. The Balaban J connectivity index is 1.63. The number of imide groups is 2. The molecule has 1 aliphatic heterocycles. The molecule has 10 nitrogen and oxygen atoms in total. The summed E-state index contributed by atoms with van der Waals surface area (Å²) in [5.74, 6) is -1.45. The van der Waals surface area contributed by atoms with Gasteiger partial charge in [-0.2, -0.15) is 0 Å². The van der Waals surface area contributed by atoms with Gasteiger partial charge in [0.05, 0.1) is 22.7 Å². The smallest absolute Gasteiger partial charge is 0.335 e. The molecule has 0 aromatic heterocycles. The van der Waals surface area contributed by atoms with E-state index in [4.69, 9.17) is 44.3 Å². The van der Waals surface area contributed by atoms with Gasteiger partial charge >= 0.3 is 6.03 Å². The maximum absolute atomic E-state index is 13.1. The van der Waals surface area contributed by atoms with Crippen molar-refractivity contribution in [2.24, 2.45) is 0 Å². The van der Waals surface area contributed by atoms with Gasteiger partial charge < -0.3 is 9.47 Å². The second kappa shape index (κ2) is 11.1. The molecule has 0 spiro atoms. The van der Waals surface area contributed by atoms with Gasteiger partial charge in [0.1, 0.15) is 12.2 Å². The molecule has 0 unspecified atom stereocenters. The number of carbonyl (C=O) groups is 3. The number of rotatable bonds is 7. The summed E-state index contributed by atoms with van der Waals surface area (Å²) in [6.07, 6.45) is 1.23. The third-order valence-electron chi connectivity index (χ3n) is 5.37. The van der Waals surface area contributed by atoms with E-state index in [1.807, 2.05) is 0 Å². The number of nitrogens with zero attached hydrogens (tertiary/aromatic N) is 2. The number of nitro benzene ring substituents is 1. The Morgan fingerprint density at radius 1 is 1.00 bits per heavy atom. The van der Waals surface area contributed by atoms with Gasteiger partial charge in [0.25, 0.3) is 17.5 Å². The lowest BCUT2D eigenvalue weighted by molar-refractivity contribution is -0.384. The summed E-state index contributed by atoms with van der Waals surface area (Å²) in [7, 11) is 1.39. The Kier molecular flexibility index (Phi) is 7.86. The molecule has 1 heterocycles. The van der Waals surface area contributed by atoms with E-state index in [1.165, 1.54) is 37.5 Å². The number of hydrogen-bond donors (Lipinski definition) is 1. The first-order valence-corrected chi connectivity index (χ1v) is 11.8.